The number of rotatable bonds is 21. The second-order valence-corrected chi connectivity index (χ2v) is 19.7. The largest absolute Gasteiger partial charge is 0.495 e. The lowest BCUT2D eigenvalue weighted by atomic mass is 10.0. The van der Waals surface area contributed by atoms with Crippen molar-refractivity contribution in [1.29, 1.82) is 0 Å². The summed E-state index contributed by atoms with van der Waals surface area (Å²) in [6.07, 6.45) is 9.57. The number of methoxy groups -OCH3 is 5. The molecule has 6 aromatic rings. The molecule has 2 amide bonds. The Hall–Kier alpha value is -6.72. The van der Waals surface area contributed by atoms with Crippen molar-refractivity contribution in [3.8, 4) is 45.5 Å². The third kappa shape index (κ3) is 13.6. The zero-order valence-electron chi connectivity index (χ0n) is 43.6. The fourth-order valence-electron chi connectivity index (χ4n) is 8.70. The summed E-state index contributed by atoms with van der Waals surface area (Å²) < 4.78 is 38.2. The van der Waals surface area contributed by atoms with E-state index in [0.29, 0.717) is 164 Å². The molecule has 1 aliphatic carbocycles. The molecule has 0 radical (unpaired) electrons. The van der Waals surface area contributed by atoms with Crippen molar-refractivity contribution >= 4 is 104 Å². The Bertz CT molecular complexity index is 3120. The van der Waals surface area contributed by atoms with E-state index in [1.807, 2.05) is 6.07 Å². The van der Waals surface area contributed by atoms with Gasteiger partial charge in [0.15, 0.2) is 11.6 Å². The van der Waals surface area contributed by atoms with Gasteiger partial charge in [0, 0.05) is 79.8 Å². The van der Waals surface area contributed by atoms with Gasteiger partial charge < -0.3 is 65.1 Å². The number of amides is 2. The number of hydrogen-bond donors (Lipinski definition) is 6. The molecule has 78 heavy (non-hydrogen) atoms. The fourth-order valence-corrected chi connectivity index (χ4v) is 10.1. The van der Waals surface area contributed by atoms with Gasteiger partial charge in [-0.25, -0.2) is 29.9 Å². The minimum Gasteiger partial charge on any atom is -0.495 e. The van der Waals surface area contributed by atoms with Crippen molar-refractivity contribution in [3.05, 3.63) is 82.1 Å². The van der Waals surface area contributed by atoms with E-state index in [2.05, 4.69) is 55.0 Å². The molecule has 2 aromatic carbocycles. The third-order valence-electron chi connectivity index (χ3n) is 13.0. The molecule has 0 spiro atoms. The predicted molar refractivity (Wildman–Crippen MR) is 303 cm³/mol. The van der Waals surface area contributed by atoms with Crippen molar-refractivity contribution in [2.24, 2.45) is 5.92 Å². The summed E-state index contributed by atoms with van der Waals surface area (Å²) in [5.74, 6) is 3.58. The number of nitrogens with zero attached hydrogens (tertiary/aromatic N) is 6. The SMILES string of the molecule is C=CC(=O)N[C@H]1CCOC[C@H]1Nc1ncc2cc(-c3c(Cl)c(OC)cc(OC)c3Cl)nc(NCC3CC3)c2n1.C=CC(=O)N[C@H]1CCOC[C@H]1Nc1ncc2cc(-c3c(Cl)c(OC)cc(OC)c3Cl)nc(NCCOC)c2n1. The molecule has 6 heterocycles. The second kappa shape index (κ2) is 26.8. The van der Waals surface area contributed by atoms with Gasteiger partial charge in [-0.1, -0.05) is 59.6 Å². The van der Waals surface area contributed by atoms with E-state index in [-0.39, 0.29) is 36.0 Å². The Morgan fingerprint density at radius 1 is 0.603 bits per heavy atom. The molecule has 3 aliphatic rings. The molecular weight excluding hydrogens is 1090 g/mol. The summed E-state index contributed by atoms with van der Waals surface area (Å²) in [5, 5.41) is 21.9. The van der Waals surface area contributed by atoms with Gasteiger partial charge in [-0.15, -0.1) is 0 Å². The summed E-state index contributed by atoms with van der Waals surface area (Å²) in [6, 6.07) is 6.12. The quantitative estimate of drug-likeness (QED) is 0.0291. The standard InChI is InChI=1S/C27H30Cl2N6O4.C26H30Cl2N6O5/c1-4-21(36)32-16-7-8-39-13-18(16)34-27-31-12-15-9-17(33-26(25(15)35-27)30-11-14-5-6-14)22-23(28)19(37-2)10-20(38-3)24(22)29;1-5-20(35)31-15-6-8-39-13-17(15)33-26-30-12-14-10-16(32-25(24(14)34-26)29-7-9-36-2)21-22(27)18(37-3)11-19(38-4)23(21)28/h4,9-10,12,14,16,18H,1,5-8,11,13H2,2-3H3,(H,30,33)(H,32,36)(H,31,34,35);5,10-12,15,17H,1,6-9,13H2,2-4H3,(H,29,32)(H,31,35)(H,30,33,34)/t16-,18+;15-,17+/m00/s1. The number of hydrogen-bond acceptors (Lipinski definition) is 19. The van der Waals surface area contributed by atoms with Crippen LogP contribution < -0.4 is 50.8 Å². The Labute approximate surface area is 470 Å². The molecule has 414 valence electrons. The number of carbonyl (C=O) groups excluding carboxylic acids is 2. The van der Waals surface area contributed by atoms with Crippen molar-refractivity contribution in [1.82, 2.24) is 40.5 Å². The van der Waals surface area contributed by atoms with Crippen LogP contribution in [0.5, 0.6) is 23.0 Å². The molecule has 4 aromatic heterocycles. The molecule has 6 N–H and O–H groups in total. The van der Waals surface area contributed by atoms with Gasteiger partial charge in [0.05, 0.1) is 104 Å². The van der Waals surface area contributed by atoms with Gasteiger partial charge in [-0.05, 0) is 55.9 Å². The highest BCUT2D eigenvalue weighted by Gasteiger charge is 2.30. The van der Waals surface area contributed by atoms with Gasteiger partial charge in [-0.2, -0.15) is 0 Å². The maximum atomic E-state index is 11.9. The third-order valence-corrected chi connectivity index (χ3v) is 14.5. The maximum absolute atomic E-state index is 11.9. The number of aromatic nitrogens is 6. The number of halogens is 4. The van der Waals surface area contributed by atoms with Crippen LogP contribution in [-0.4, -0.2) is 148 Å². The van der Waals surface area contributed by atoms with E-state index in [9.17, 15) is 9.59 Å². The minimum atomic E-state index is -0.249. The van der Waals surface area contributed by atoms with E-state index >= 15 is 0 Å². The van der Waals surface area contributed by atoms with E-state index in [0.717, 1.165) is 11.9 Å². The Balaban J connectivity index is 0.000000206. The minimum absolute atomic E-state index is 0.149. The molecular formula is C53H60Cl4N12O9. The summed E-state index contributed by atoms with van der Waals surface area (Å²) in [7, 11) is 7.70. The van der Waals surface area contributed by atoms with Crippen molar-refractivity contribution < 1.29 is 42.7 Å². The number of pyridine rings is 2. The zero-order valence-corrected chi connectivity index (χ0v) is 46.6. The summed E-state index contributed by atoms with van der Waals surface area (Å²) in [5.41, 5.74) is 3.17. The highest BCUT2D eigenvalue weighted by Crippen LogP contribution is 2.48. The summed E-state index contributed by atoms with van der Waals surface area (Å²) >= 11 is 26.7. The van der Waals surface area contributed by atoms with Crippen LogP contribution in [0.25, 0.3) is 44.3 Å². The lowest BCUT2D eigenvalue weighted by molar-refractivity contribution is -0.118. The molecule has 1 saturated carbocycles. The predicted octanol–water partition coefficient (Wildman–Crippen LogP) is 8.66. The van der Waals surface area contributed by atoms with Crippen LogP contribution >= 0.6 is 46.4 Å². The molecule has 2 saturated heterocycles. The van der Waals surface area contributed by atoms with Crippen molar-refractivity contribution in [2.45, 2.75) is 49.9 Å². The fraction of sp³-hybridized carbons (Fsp3) is 0.396. The normalized spacial score (nSPS) is 17.9. The van der Waals surface area contributed by atoms with Crippen molar-refractivity contribution in [2.75, 3.05) is 103 Å². The number of carbonyl (C=O) groups is 2. The summed E-state index contributed by atoms with van der Waals surface area (Å²) in [6.45, 7) is 10.6. The van der Waals surface area contributed by atoms with Crippen molar-refractivity contribution in [3.63, 3.8) is 0 Å². The number of fused-ring (bicyclic) bond motifs is 2. The molecule has 0 bridgehead atoms. The van der Waals surface area contributed by atoms with Crippen LogP contribution in [0, 0.1) is 5.92 Å². The Morgan fingerprint density at radius 2 is 1.03 bits per heavy atom. The first-order valence-corrected chi connectivity index (χ1v) is 26.4. The van der Waals surface area contributed by atoms with Gasteiger partial charge in [0.1, 0.15) is 34.0 Å². The highest BCUT2D eigenvalue weighted by molar-refractivity contribution is 6.42. The second-order valence-electron chi connectivity index (χ2n) is 18.2. The Kier molecular flexibility index (Phi) is 19.7. The zero-order chi connectivity index (χ0) is 55.5. The first kappa shape index (κ1) is 57.5. The molecule has 9 rings (SSSR count). The van der Waals surface area contributed by atoms with E-state index in [1.165, 1.54) is 53.4 Å². The van der Waals surface area contributed by atoms with Crippen LogP contribution in [0.1, 0.15) is 25.7 Å². The number of nitrogens with one attached hydrogen (secondary N) is 6. The smallest absolute Gasteiger partial charge is 0.243 e. The number of ether oxygens (including phenoxy) is 7. The molecule has 3 fully saturated rings. The molecule has 2 aliphatic heterocycles. The van der Waals surface area contributed by atoms with Gasteiger partial charge in [0.25, 0.3) is 0 Å². The van der Waals surface area contributed by atoms with Gasteiger partial charge >= 0.3 is 0 Å². The van der Waals surface area contributed by atoms with Gasteiger partial charge in [-0.3, -0.25) is 9.59 Å². The monoisotopic (exact) mass is 1150 g/mol. The van der Waals surface area contributed by atoms with Crippen LogP contribution in [0.4, 0.5) is 23.5 Å². The molecule has 25 heteroatoms. The topological polar surface area (TPSA) is 248 Å². The van der Waals surface area contributed by atoms with Crippen LogP contribution in [0.3, 0.4) is 0 Å². The van der Waals surface area contributed by atoms with E-state index < -0.39 is 0 Å². The average molecular weight is 1150 g/mol. The van der Waals surface area contributed by atoms with Crippen LogP contribution in [0.15, 0.2) is 62.0 Å². The first-order chi connectivity index (χ1) is 37.8. The van der Waals surface area contributed by atoms with Gasteiger partial charge in [0.2, 0.25) is 23.7 Å². The Morgan fingerprint density at radius 3 is 1.41 bits per heavy atom. The molecule has 21 nitrogen and oxygen atoms in total. The number of anilines is 4. The molecule has 4 atom stereocenters. The summed E-state index contributed by atoms with van der Waals surface area (Å²) in [4.78, 5) is 52.1. The molecule has 0 unspecified atom stereocenters. The maximum Gasteiger partial charge on any atom is 0.243 e. The number of benzene rings is 2. The van der Waals surface area contributed by atoms with E-state index in [4.69, 9.17) is 99.5 Å². The lowest BCUT2D eigenvalue weighted by Crippen LogP contribution is -2.52. The van der Waals surface area contributed by atoms with E-state index in [1.54, 1.807) is 37.7 Å². The van der Waals surface area contributed by atoms with Crippen LogP contribution in [0.2, 0.25) is 20.1 Å². The van der Waals surface area contributed by atoms with Crippen LogP contribution in [-0.2, 0) is 23.8 Å². The average Bonchev–Trinajstić information content (AvgIpc) is 4.35. The lowest BCUT2D eigenvalue weighted by Gasteiger charge is -2.32. The highest BCUT2D eigenvalue weighted by atomic mass is 35.5. The first-order valence-electron chi connectivity index (χ1n) is 24.9.